The van der Waals surface area contributed by atoms with Gasteiger partial charge in [-0.15, -0.1) is 0 Å². The summed E-state index contributed by atoms with van der Waals surface area (Å²) < 4.78 is 0. The number of carbonyl (C=O) groups excluding carboxylic acids is 1. The van der Waals surface area contributed by atoms with Gasteiger partial charge >= 0.3 is 0 Å². The molecule has 0 spiro atoms. The van der Waals surface area contributed by atoms with Crippen LogP contribution in [0.25, 0.3) is 0 Å². The Kier molecular flexibility index (Phi) is 4.01. The lowest BCUT2D eigenvalue weighted by molar-refractivity contribution is -0.127. The molecule has 1 aliphatic heterocycles. The first-order valence-corrected chi connectivity index (χ1v) is 8.86. The fraction of sp³-hybridized carbons (Fsp3) is 0.632. The Morgan fingerprint density at radius 2 is 2.00 bits per heavy atom. The molecule has 0 aromatic heterocycles. The topological polar surface area (TPSA) is 32.3 Å². The number of likely N-dealkylation sites (tertiary alicyclic amines) is 1. The number of hydrogen-bond donors (Lipinski definition) is 1. The second-order valence-corrected chi connectivity index (χ2v) is 8.79. The molecule has 1 aliphatic carbocycles. The first-order chi connectivity index (χ1) is 10.6. The third kappa shape index (κ3) is 3.27. The average molecular weight is 335 g/mol. The van der Waals surface area contributed by atoms with Gasteiger partial charge in [-0.05, 0) is 64.7 Å². The molecule has 1 N–H and O–H groups in total. The van der Waals surface area contributed by atoms with Crippen molar-refractivity contribution in [3.63, 3.8) is 0 Å². The number of nitrogens with zero attached hydrogens (tertiary/aromatic N) is 1. The summed E-state index contributed by atoms with van der Waals surface area (Å²) >= 11 is 6.09. The van der Waals surface area contributed by atoms with Gasteiger partial charge < -0.3 is 5.32 Å². The maximum atomic E-state index is 12.9. The van der Waals surface area contributed by atoms with Crippen molar-refractivity contribution < 1.29 is 4.79 Å². The summed E-state index contributed by atoms with van der Waals surface area (Å²) in [6.45, 7) is 10.6. The number of carbonyl (C=O) groups is 1. The molecule has 0 unspecified atom stereocenters. The quantitative estimate of drug-likeness (QED) is 0.889. The lowest BCUT2D eigenvalue weighted by atomic mass is 9.83. The summed E-state index contributed by atoms with van der Waals surface area (Å²) in [7, 11) is 0. The summed E-state index contributed by atoms with van der Waals surface area (Å²) in [5.74, 6) is 0.0931. The fourth-order valence-electron chi connectivity index (χ4n) is 3.25. The van der Waals surface area contributed by atoms with Gasteiger partial charge in [0.25, 0.3) is 0 Å². The monoisotopic (exact) mass is 334 g/mol. The van der Waals surface area contributed by atoms with E-state index < -0.39 is 5.41 Å². The van der Waals surface area contributed by atoms with Crippen LogP contribution in [-0.4, -0.2) is 35.0 Å². The van der Waals surface area contributed by atoms with Crippen LogP contribution in [0.3, 0.4) is 0 Å². The minimum atomic E-state index is -0.578. The van der Waals surface area contributed by atoms with Crippen LogP contribution in [0, 0.1) is 0 Å². The second-order valence-electron chi connectivity index (χ2n) is 8.35. The van der Waals surface area contributed by atoms with Gasteiger partial charge in [-0.2, -0.15) is 0 Å². The SMILES string of the molecule is CC(C)(C(=O)NC1(CN2CCC2(C)C)CC1)c1cccc(Cl)c1. The van der Waals surface area contributed by atoms with E-state index in [4.69, 9.17) is 11.6 Å². The molecule has 2 fully saturated rings. The van der Waals surface area contributed by atoms with Crippen LogP contribution in [0.5, 0.6) is 0 Å². The van der Waals surface area contributed by atoms with Crippen LogP contribution in [0.2, 0.25) is 5.02 Å². The molecule has 0 bridgehead atoms. The Morgan fingerprint density at radius 3 is 2.48 bits per heavy atom. The largest absolute Gasteiger partial charge is 0.349 e. The Morgan fingerprint density at radius 1 is 1.30 bits per heavy atom. The first kappa shape index (κ1) is 16.8. The summed E-state index contributed by atoms with van der Waals surface area (Å²) in [6.07, 6.45) is 3.40. The smallest absolute Gasteiger partial charge is 0.230 e. The zero-order valence-corrected chi connectivity index (χ0v) is 15.3. The molecule has 1 aromatic carbocycles. The second kappa shape index (κ2) is 5.49. The summed E-state index contributed by atoms with van der Waals surface area (Å²) in [5.41, 5.74) is 0.640. The molecule has 23 heavy (non-hydrogen) atoms. The van der Waals surface area contributed by atoms with E-state index >= 15 is 0 Å². The van der Waals surface area contributed by atoms with Gasteiger partial charge in [0.1, 0.15) is 0 Å². The standard InChI is InChI=1S/C19H27ClN2O/c1-17(2)10-11-22(17)13-19(8-9-19)21-16(23)18(3,4)14-6-5-7-15(20)12-14/h5-7,12H,8-11,13H2,1-4H3,(H,21,23). The van der Waals surface area contributed by atoms with Crippen molar-refractivity contribution in [3.8, 4) is 0 Å². The Labute approximate surface area is 144 Å². The molecular weight excluding hydrogens is 308 g/mol. The summed E-state index contributed by atoms with van der Waals surface area (Å²) in [5, 5.41) is 4.01. The maximum Gasteiger partial charge on any atom is 0.230 e. The van der Waals surface area contributed by atoms with Gasteiger partial charge in [0.05, 0.1) is 11.0 Å². The van der Waals surface area contributed by atoms with Gasteiger partial charge in [-0.3, -0.25) is 9.69 Å². The van der Waals surface area contributed by atoms with Crippen molar-refractivity contribution in [3.05, 3.63) is 34.9 Å². The van der Waals surface area contributed by atoms with Crippen LogP contribution in [0.4, 0.5) is 0 Å². The Hall–Kier alpha value is -1.06. The zero-order chi connectivity index (χ0) is 16.9. The number of amides is 1. The van der Waals surface area contributed by atoms with E-state index in [1.54, 1.807) is 0 Å². The van der Waals surface area contributed by atoms with E-state index in [1.165, 1.54) is 6.42 Å². The maximum absolute atomic E-state index is 12.9. The number of nitrogens with one attached hydrogen (secondary N) is 1. The highest BCUT2D eigenvalue weighted by atomic mass is 35.5. The molecule has 3 rings (SSSR count). The normalized spacial score (nSPS) is 22.3. The molecule has 0 atom stereocenters. The van der Waals surface area contributed by atoms with Crippen molar-refractivity contribution in [1.82, 2.24) is 10.2 Å². The molecule has 1 amide bonds. The molecule has 1 heterocycles. The van der Waals surface area contributed by atoms with Crippen LogP contribution in [-0.2, 0) is 10.2 Å². The Bertz CT molecular complexity index is 620. The minimum Gasteiger partial charge on any atom is -0.349 e. The highest BCUT2D eigenvalue weighted by molar-refractivity contribution is 6.30. The molecule has 1 saturated carbocycles. The van der Waals surface area contributed by atoms with Crippen molar-refractivity contribution in [1.29, 1.82) is 0 Å². The molecule has 4 heteroatoms. The minimum absolute atomic E-state index is 0.0232. The van der Waals surface area contributed by atoms with E-state index in [1.807, 2.05) is 38.1 Å². The number of rotatable bonds is 5. The Balaban J connectivity index is 1.68. The highest BCUT2D eigenvalue weighted by Crippen LogP contribution is 2.41. The molecule has 1 aromatic rings. The van der Waals surface area contributed by atoms with Crippen molar-refractivity contribution in [2.45, 2.75) is 63.5 Å². The molecule has 1 saturated heterocycles. The third-order valence-electron chi connectivity index (χ3n) is 5.69. The zero-order valence-electron chi connectivity index (χ0n) is 14.6. The number of hydrogen-bond acceptors (Lipinski definition) is 2. The predicted molar refractivity (Wildman–Crippen MR) is 94.9 cm³/mol. The van der Waals surface area contributed by atoms with E-state index in [9.17, 15) is 4.79 Å². The highest BCUT2D eigenvalue weighted by Gasteiger charge is 2.50. The van der Waals surface area contributed by atoms with Gasteiger partial charge in [-0.25, -0.2) is 0 Å². The summed E-state index contributed by atoms with van der Waals surface area (Å²) in [6, 6.07) is 7.61. The first-order valence-electron chi connectivity index (χ1n) is 8.48. The van der Waals surface area contributed by atoms with Gasteiger partial charge in [0, 0.05) is 23.7 Å². The molecule has 0 radical (unpaired) electrons. The van der Waals surface area contributed by atoms with E-state index in [0.717, 1.165) is 31.5 Å². The predicted octanol–water partition coefficient (Wildman–Crippen LogP) is 3.75. The molecular formula is C19H27ClN2O. The van der Waals surface area contributed by atoms with Gasteiger partial charge in [0.15, 0.2) is 0 Å². The van der Waals surface area contributed by atoms with Crippen molar-refractivity contribution >= 4 is 17.5 Å². The number of halogens is 1. The number of benzene rings is 1. The fourth-order valence-corrected chi connectivity index (χ4v) is 3.44. The lowest BCUT2D eigenvalue weighted by Crippen LogP contribution is -2.61. The third-order valence-corrected chi connectivity index (χ3v) is 5.92. The van der Waals surface area contributed by atoms with E-state index in [-0.39, 0.29) is 17.0 Å². The molecule has 2 aliphatic rings. The van der Waals surface area contributed by atoms with E-state index in [2.05, 4.69) is 24.1 Å². The van der Waals surface area contributed by atoms with Crippen LogP contribution in [0.1, 0.15) is 52.5 Å². The molecule has 126 valence electrons. The van der Waals surface area contributed by atoms with Crippen LogP contribution >= 0.6 is 11.6 Å². The molecule has 3 nitrogen and oxygen atoms in total. The lowest BCUT2D eigenvalue weighted by Gasteiger charge is -2.50. The van der Waals surface area contributed by atoms with Gasteiger partial charge in [0.2, 0.25) is 5.91 Å². The van der Waals surface area contributed by atoms with Gasteiger partial charge in [-0.1, -0.05) is 23.7 Å². The van der Waals surface area contributed by atoms with E-state index in [0.29, 0.717) is 5.02 Å². The van der Waals surface area contributed by atoms with Crippen molar-refractivity contribution in [2.75, 3.05) is 13.1 Å². The average Bonchev–Trinajstić information content (AvgIpc) is 3.24. The van der Waals surface area contributed by atoms with Crippen LogP contribution < -0.4 is 5.32 Å². The van der Waals surface area contributed by atoms with Crippen molar-refractivity contribution in [2.24, 2.45) is 0 Å². The van der Waals surface area contributed by atoms with Crippen LogP contribution in [0.15, 0.2) is 24.3 Å². The summed E-state index contributed by atoms with van der Waals surface area (Å²) in [4.78, 5) is 15.4.